The summed E-state index contributed by atoms with van der Waals surface area (Å²) in [5, 5.41) is 0. The molecule has 1 unspecified atom stereocenters. The lowest BCUT2D eigenvalue weighted by molar-refractivity contribution is -0.145. The Morgan fingerprint density at radius 2 is 1.71 bits per heavy atom. The van der Waals surface area contributed by atoms with Crippen LogP contribution >= 0.6 is 0 Å². The summed E-state index contributed by atoms with van der Waals surface area (Å²) in [6.07, 6.45) is 7.53. The number of aromatic nitrogens is 1. The summed E-state index contributed by atoms with van der Waals surface area (Å²) in [5.41, 5.74) is 5.24. The summed E-state index contributed by atoms with van der Waals surface area (Å²) >= 11 is 0. The zero-order valence-corrected chi connectivity index (χ0v) is 21.8. The van der Waals surface area contributed by atoms with Crippen LogP contribution in [0.25, 0.3) is 28.2 Å². The summed E-state index contributed by atoms with van der Waals surface area (Å²) in [6.45, 7) is 2.04. The van der Waals surface area contributed by atoms with Gasteiger partial charge in [0.2, 0.25) is 5.89 Å². The highest BCUT2D eigenvalue weighted by atomic mass is 16.6. The quantitative estimate of drug-likeness (QED) is 0.217. The lowest BCUT2D eigenvalue weighted by atomic mass is 9.88. The molecule has 0 radical (unpaired) electrons. The molecule has 194 valence electrons. The Hall–Kier alpha value is -4.12. The summed E-state index contributed by atoms with van der Waals surface area (Å²) in [5.74, 6) is 2.07. The Morgan fingerprint density at radius 3 is 2.47 bits per heavy atom. The topological polar surface area (TPSA) is 61.6 Å². The molecule has 5 nitrogen and oxygen atoms in total. The summed E-state index contributed by atoms with van der Waals surface area (Å²) in [6, 6.07) is 28.4. The van der Waals surface area contributed by atoms with Gasteiger partial charge in [-0.05, 0) is 56.2 Å². The molecule has 3 aromatic carbocycles. The third kappa shape index (κ3) is 6.23. The van der Waals surface area contributed by atoms with Crippen LogP contribution in [-0.4, -0.2) is 24.2 Å². The van der Waals surface area contributed by atoms with E-state index in [1.165, 1.54) is 5.57 Å². The van der Waals surface area contributed by atoms with Crippen LogP contribution in [0, 0.1) is 5.92 Å². The smallest absolute Gasteiger partial charge is 0.344 e. The van der Waals surface area contributed by atoms with Crippen molar-refractivity contribution in [2.45, 2.75) is 39.0 Å². The van der Waals surface area contributed by atoms with Gasteiger partial charge in [0.15, 0.2) is 12.4 Å². The molecule has 1 aromatic heterocycles. The van der Waals surface area contributed by atoms with Crippen molar-refractivity contribution in [2.24, 2.45) is 5.92 Å². The average molecular weight is 508 g/mol. The predicted octanol–water partition coefficient (Wildman–Crippen LogP) is 7.77. The van der Waals surface area contributed by atoms with Gasteiger partial charge in [0, 0.05) is 16.7 Å². The van der Waals surface area contributed by atoms with Crippen molar-refractivity contribution in [3.05, 3.63) is 102 Å². The van der Waals surface area contributed by atoms with E-state index in [0.717, 1.165) is 60.2 Å². The van der Waals surface area contributed by atoms with E-state index in [4.69, 9.17) is 18.9 Å². The second kappa shape index (κ2) is 12.4. The normalized spacial score (nSPS) is 15.4. The van der Waals surface area contributed by atoms with Gasteiger partial charge in [0.1, 0.15) is 11.4 Å². The van der Waals surface area contributed by atoms with Crippen molar-refractivity contribution < 1.29 is 18.7 Å². The van der Waals surface area contributed by atoms with Gasteiger partial charge in [-0.25, -0.2) is 9.78 Å². The van der Waals surface area contributed by atoms with Gasteiger partial charge in [-0.1, -0.05) is 85.3 Å². The molecule has 0 saturated carbocycles. The maximum atomic E-state index is 11.7. The second-order valence-electron chi connectivity index (χ2n) is 9.51. The Bertz CT molecular complexity index is 1320. The summed E-state index contributed by atoms with van der Waals surface area (Å²) < 4.78 is 17.2. The average Bonchev–Trinajstić information content (AvgIpc) is 3.27. The maximum Gasteiger partial charge on any atom is 0.344 e. The van der Waals surface area contributed by atoms with Crippen molar-refractivity contribution in [2.75, 3.05) is 13.2 Å². The highest BCUT2D eigenvalue weighted by molar-refractivity contribution is 5.79. The zero-order valence-electron chi connectivity index (χ0n) is 21.8. The number of allylic oxidation sites excluding steroid dienone is 2. The predicted molar refractivity (Wildman–Crippen MR) is 150 cm³/mol. The molecule has 0 bridgehead atoms. The van der Waals surface area contributed by atoms with Crippen LogP contribution in [0.15, 0.2) is 95.4 Å². The van der Waals surface area contributed by atoms with Crippen LogP contribution in [-0.2, 0) is 16.0 Å². The number of hydrogen-bond acceptors (Lipinski definition) is 5. The fraction of sp³-hybridized carbons (Fsp3) is 0.273. The molecule has 1 aliphatic rings. The monoisotopic (exact) mass is 507 g/mol. The number of carbonyl (C=O) groups is 1. The third-order valence-electron chi connectivity index (χ3n) is 6.81. The number of hydrogen-bond donors (Lipinski definition) is 0. The van der Waals surface area contributed by atoms with E-state index in [2.05, 4.69) is 36.4 Å². The number of nitrogens with zero attached hydrogens (tertiary/aromatic N) is 1. The zero-order chi connectivity index (χ0) is 26.2. The molecule has 0 fully saturated rings. The molecule has 0 saturated heterocycles. The SMILES string of the molecule is CCOC(=O)COc1cccc(CC2CCCCC=C2c2nc(-c3ccccc3)c(-c3ccccc3)o2)c1. The number of benzene rings is 3. The van der Waals surface area contributed by atoms with Gasteiger partial charge in [-0.2, -0.15) is 0 Å². The highest BCUT2D eigenvalue weighted by Gasteiger charge is 2.25. The molecule has 4 aromatic rings. The number of rotatable bonds is 9. The molecule has 0 spiro atoms. The molecular weight excluding hydrogens is 474 g/mol. The summed E-state index contributed by atoms with van der Waals surface area (Å²) in [7, 11) is 0. The summed E-state index contributed by atoms with van der Waals surface area (Å²) in [4.78, 5) is 16.8. The Kier molecular flexibility index (Phi) is 8.34. The van der Waals surface area contributed by atoms with Crippen molar-refractivity contribution in [3.63, 3.8) is 0 Å². The van der Waals surface area contributed by atoms with Crippen LogP contribution in [0.5, 0.6) is 5.75 Å². The fourth-order valence-corrected chi connectivity index (χ4v) is 5.00. The van der Waals surface area contributed by atoms with E-state index in [1.54, 1.807) is 6.92 Å². The molecule has 1 aliphatic carbocycles. The largest absolute Gasteiger partial charge is 0.482 e. The molecule has 1 atom stereocenters. The molecule has 38 heavy (non-hydrogen) atoms. The minimum Gasteiger partial charge on any atom is -0.482 e. The van der Waals surface area contributed by atoms with E-state index in [9.17, 15) is 4.79 Å². The van der Waals surface area contributed by atoms with Crippen molar-refractivity contribution in [1.29, 1.82) is 0 Å². The lowest BCUT2D eigenvalue weighted by Crippen LogP contribution is -2.14. The molecule has 1 heterocycles. The number of ether oxygens (including phenoxy) is 2. The minimum absolute atomic E-state index is 0.0906. The van der Waals surface area contributed by atoms with Gasteiger partial charge in [-0.15, -0.1) is 0 Å². The third-order valence-corrected chi connectivity index (χ3v) is 6.81. The van der Waals surface area contributed by atoms with Crippen LogP contribution in [0.1, 0.15) is 44.1 Å². The van der Waals surface area contributed by atoms with Gasteiger partial charge < -0.3 is 13.9 Å². The maximum absolute atomic E-state index is 11.7. The van der Waals surface area contributed by atoms with E-state index in [1.807, 2.05) is 54.6 Å². The molecule has 0 aliphatic heterocycles. The molecule has 5 heteroatoms. The van der Waals surface area contributed by atoms with Crippen molar-refractivity contribution in [3.8, 4) is 28.3 Å². The standard InChI is InChI=1S/C33H33NO4/c1-2-36-30(35)23-37-28-19-12-13-24(22-28)21-27-18-10-5-11-20-29(27)33-34-31(25-14-6-3-7-15-25)32(38-33)26-16-8-4-9-17-26/h3-4,6-9,12-17,19-20,22,27H,2,5,10-11,18,21,23H2,1H3. The van der Waals surface area contributed by atoms with Crippen LogP contribution < -0.4 is 4.74 Å². The number of esters is 1. The van der Waals surface area contributed by atoms with Gasteiger partial charge in [0.05, 0.1) is 6.61 Å². The first-order valence-electron chi connectivity index (χ1n) is 13.4. The van der Waals surface area contributed by atoms with E-state index >= 15 is 0 Å². The Balaban J connectivity index is 1.44. The molecule has 0 N–H and O–H groups in total. The Morgan fingerprint density at radius 1 is 0.947 bits per heavy atom. The second-order valence-corrected chi connectivity index (χ2v) is 9.51. The Labute approximate surface area is 224 Å². The van der Waals surface area contributed by atoms with Crippen LogP contribution in [0.2, 0.25) is 0 Å². The first-order valence-corrected chi connectivity index (χ1v) is 13.4. The molecule has 5 rings (SSSR count). The molecular formula is C33H33NO4. The van der Waals surface area contributed by atoms with Gasteiger partial charge in [0.25, 0.3) is 0 Å². The number of carbonyl (C=O) groups excluding carboxylic acids is 1. The van der Waals surface area contributed by atoms with Crippen LogP contribution in [0.4, 0.5) is 0 Å². The first-order chi connectivity index (χ1) is 18.7. The fourth-order valence-electron chi connectivity index (χ4n) is 5.00. The van der Waals surface area contributed by atoms with Gasteiger partial charge in [-0.3, -0.25) is 0 Å². The van der Waals surface area contributed by atoms with Crippen molar-refractivity contribution >= 4 is 11.5 Å². The van der Waals surface area contributed by atoms with E-state index < -0.39 is 0 Å². The van der Waals surface area contributed by atoms with Crippen LogP contribution in [0.3, 0.4) is 0 Å². The van der Waals surface area contributed by atoms with Crippen molar-refractivity contribution in [1.82, 2.24) is 4.98 Å². The highest BCUT2D eigenvalue weighted by Crippen LogP contribution is 2.39. The van der Waals surface area contributed by atoms with E-state index in [-0.39, 0.29) is 18.5 Å². The lowest BCUT2D eigenvalue weighted by Gasteiger charge is -2.17. The minimum atomic E-state index is -0.362. The number of oxazole rings is 1. The van der Waals surface area contributed by atoms with Gasteiger partial charge >= 0.3 is 5.97 Å². The van der Waals surface area contributed by atoms with E-state index in [0.29, 0.717) is 18.2 Å². The first kappa shape index (κ1) is 25.5. The molecule has 0 amide bonds.